The molecule has 0 bridgehead atoms. The van der Waals surface area contributed by atoms with Crippen molar-refractivity contribution < 1.29 is 0 Å². The van der Waals surface area contributed by atoms with E-state index in [0.717, 1.165) is 28.1 Å². The second-order valence-electron chi connectivity index (χ2n) is 9.02. The van der Waals surface area contributed by atoms with Crippen molar-refractivity contribution in [2.45, 2.75) is 0 Å². The molecule has 0 spiro atoms. The van der Waals surface area contributed by atoms with Crippen molar-refractivity contribution >= 4 is 32.3 Å². The molecule has 0 saturated carbocycles. The van der Waals surface area contributed by atoms with Gasteiger partial charge in [-0.2, -0.15) is 0 Å². The highest BCUT2D eigenvalue weighted by atomic mass is 14.9. The number of nitrogens with zero attached hydrogens (tertiary/aromatic N) is 3. The molecule has 168 valence electrons. The van der Waals surface area contributed by atoms with Gasteiger partial charge in [0, 0.05) is 29.1 Å². The van der Waals surface area contributed by atoms with Crippen LogP contribution >= 0.6 is 0 Å². The van der Waals surface area contributed by atoms with Crippen LogP contribution < -0.4 is 0 Å². The molecule has 7 rings (SSSR count). The summed E-state index contributed by atoms with van der Waals surface area (Å²) in [5.41, 5.74) is 4.88. The van der Waals surface area contributed by atoms with Crippen LogP contribution in [0.15, 0.2) is 128 Å². The van der Waals surface area contributed by atoms with Crippen molar-refractivity contribution in [3.63, 3.8) is 0 Å². The Morgan fingerprint density at radius 3 is 1.53 bits per heavy atom. The largest absolute Gasteiger partial charge is 0.265 e. The first-order valence-corrected chi connectivity index (χ1v) is 12.0. The van der Waals surface area contributed by atoms with Crippen LogP contribution in [-0.2, 0) is 0 Å². The Bertz CT molecular complexity index is 1890. The molecule has 0 radical (unpaired) electrons. The molecular weight excluding hydrogens is 438 g/mol. The summed E-state index contributed by atoms with van der Waals surface area (Å²) in [6.45, 7) is 0. The first kappa shape index (κ1) is 20.5. The Balaban J connectivity index is 1.43. The predicted octanol–water partition coefficient (Wildman–Crippen LogP) is 8.33. The minimum atomic E-state index is 0.691. The van der Waals surface area contributed by atoms with Gasteiger partial charge in [-0.05, 0) is 74.8 Å². The molecule has 0 saturated heterocycles. The SMILES string of the molecule is c1ccc2cc(-c3cc(-c4ccc5cc6ccccc6cc5c4)nc(-c4ccncc4)n3)ccc2c1. The molecule has 0 N–H and O–H groups in total. The second kappa shape index (κ2) is 8.40. The molecule has 36 heavy (non-hydrogen) atoms. The van der Waals surface area contributed by atoms with E-state index in [2.05, 4.69) is 108 Å². The van der Waals surface area contributed by atoms with Gasteiger partial charge in [0.05, 0.1) is 11.4 Å². The van der Waals surface area contributed by atoms with E-state index in [-0.39, 0.29) is 0 Å². The summed E-state index contributed by atoms with van der Waals surface area (Å²) in [4.78, 5) is 14.1. The first-order chi connectivity index (χ1) is 17.8. The summed E-state index contributed by atoms with van der Waals surface area (Å²) in [6.07, 6.45) is 3.56. The fraction of sp³-hybridized carbons (Fsp3) is 0. The second-order valence-corrected chi connectivity index (χ2v) is 9.02. The van der Waals surface area contributed by atoms with E-state index in [1.165, 1.54) is 32.3 Å². The Morgan fingerprint density at radius 2 is 0.861 bits per heavy atom. The van der Waals surface area contributed by atoms with Crippen molar-refractivity contribution in [1.29, 1.82) is 0 Å². The number of hydrogen-bond acceptors (Lipinski definition) is 3. The molecule has 3 nitrogen and oxygen atoms in total. The highest BCUT2D eigenvalue weighted by Gasteiger charge is 2.12. The molecule has 7 aromatic rings. The van der Waals surface area contributed by atoms with E-state index in [1.54, 1.807) is 12.4 Å². The average molecular weight is 460 g/mol. The molecule has 0 fully saturated rings. The van der Waals surface area contributed by atoms with Crippen LogP contribution in [0.5, 0.6) is 0 Å². The molecule has 0 aliphatic carbocycles. The Morgan fingerprint density at radius 1 is 0.361 bits per heavy atom. The number of pyridine rings is 1. The third-order valence-corrected chi connectivity index (χ3v) is 6.71. The summed E-state index contributed by atoms with van der Waals surface area (Å²) in [5.74, 6) is 0.691. The lowest BCUT2D eigenvalue weighted by molar-refractivity contribution is 1.18. The molecule has 2 aromatic heterocycles. The molecule has 3 heteroatoms. The summed E-state index contributed by atoms with van der Waals surface area (Å²) in [5, 5.41) is 7.31. The minimum absolute atomic E-state index is 0.691. The highest BCUT2D eigenvalue weighted by molar-refractivity contribution is 5.99. The van der Waals surface area contributed by atoms with Crippen molar-refractivity contribution in [2.24, 2.45) is 0 Å². The summed E-state index contributed by atoms with van der Waals surface area (Å²) >= 11 is 0. The molecule has 0 aliphatic rings. The van der Waals surface area contributed by atoms with Crippen molar-refractivity contribution in [2.75, 3.05) is 0 Å². The van der Waals surface area contributed by atoms with Gasteiger partial charge < -0.3 is 0 Å². The van der Waals surface area contributed by atoms with Crippen molar-refractivity contribution in [3.05, 3.63) is 128 Å². The highest BCUT2D eigenvalue weighted by Crippen LogP contribution is 2.31. The third-order valence-electron chi connectivity index (χ3n) is 6.71. The number of fused-ring (bicyclic) bond motifs is 3. The van der Waals surface area contributed by atoms with E-state index in [1.807, 2.05) is 12.1 Å². The fourth-order valence-corrected chi connectivity index (χ4v) is 4.82. The molecular formula is C33H21N3. The van der Waals surface area contributed by atoms with Gasteiger partial charge in [-0.25, -0.2) is 9.97 Å². The standard InChI is InChI=1S/C33H21N3/c1-2-6-24-18-28(11-9-22(24)5-1)31-21-32(36-33(35-31)23-13-15-34-16-14-23)29-12-10-27-17-25-7-3-4-8-26(25)19-30(27)20-29/h1-21H. The quantitative estimate of drug-likeness (QED) is 0.249. The maximum atomic E-state index is 4.99. The molecule has 5 aromatic carbocycles. The van der Waals surface area contributed by atoms with Crippen molar-refractivity contribution in [1.82, 2.24) is 15.0 Å². The van der Waals surface area contributed by atoms with E-state index < -0.39 is 0 Å². The summed E-state index contributed by atoms with van der Waals surface area (Å²) < 4.78 is 0. The van der Waals surface area contributed by atoms with Crippen LogP contribution in [0.3, 0.4) is 0 Å². The monoisotopic (exact) mass is 459 g/mol. The van der Waals surface area contributed by atoms with Gasteiger partial charge in [-0.3, -0.25) is 4.98 Å². The normalized spacial score (nSPS) is 11.3. The van der Waals surface area contributed by atoms with Gasteiger partial charge in [-0.15, -0.1) is 0 Å². The Hall–Kier alpha value is -4.89. The Kier molecular flexibility index (Phi) is 4.78. The van der Waals surface area contributed by atoms with Crippen LogP contribution in [0.25, 0.3) is 66.2 Å². The molecule has 0 unspecified atom stereocenters. The Labute approximate surface area is 208 Å². The minimum Gasteiger partial charge on any atom is -0.265 e. The van der Waals surface area contributed by atoms with Gasteiger partial charge in [-0.1, -0.05) is 72.8 Å². The third kappa shape index (κ3) is 3.68. The number of rotatable bonds is 3. The zero-order valence-corrected chi connectivity index (χ0v) is 19.5. The van der Waals surface area contributed by atoms with Crippen LogP contribution in [0.2, 0.25) is 0 Å². The van der Waals surface area contributed by atoms with E-state index in [0.29, 0.717) is 5.82 Å². The van der Waals surface area contributed by atoms with Gasteiger partial charge in [0.25, 0.3) is 0 Å². The zero-order chi connectivity index (χ0) is 23.9. The zero-order valence-electron chi connectivity index (χ0n) is 19.5. The average Bonchev–Trinajstić information content (AvgIpc) is 2.95. The van der Waals surface area contributed by atoms with Crippen LogP contribution in [0.1, 0.15) is 0 Å². The fourth-order valence-electron chi connectivity index (χ4n) is 4.82. The van der Waals surface area contributed by atoms with E-state index in [4.69, 9.17) is 9.97 Å². The molecule has 0 amide bonds. The smallest absolute Gasteiger partial charge is 0.160 e. The molecule has 2 heterocycles. The number of aromatic nitrogens is 3. The molecule has 0 aliphatic heterocycles. The van der Waals surface area contributed by atoms with E-state index in [9.17, 15) is 0 Å². The molecule has 0 atom stereocenters. The topological polar surface area (TPSA) is 38.7 Å². The lowest BCUT2D eigenvalue weighted by atomic mass is 9.99. The summed E-state index contributed by atoms with van der Waals surface area (Å²) in [6, 6.07) is 40.4. The lowest BCUT2D eigenvalue weighted by Crippen LogP contribution is -1.96. The maximum absolute atomic E-state index is 4.99. The van der Waals surface area contributed by atoms with Crippen molar-refractivity contribution in [3.8, 4) is 33.9 Å². The lowest BCUT2D eigenvalue weighted by Gasteiger charge is -2.11. The first-order valence-electron chi connectivity index (χ1n) is 12.0. The van der Waals surface area contributed by atoms with Crippen LogP contribution in [-0.4, -0.2) is 15.0 Å². The van der Waals surface area contributed by atoms with Gasteiger partial charge >= 0.3 is 0 Å². The van der Waals surface area contributed by atoms with Crippen LogP contribution in [0.4, 0.5) is 0 Å². The number of benzene rings is 5. The van der Waals surface area contributed by atoms with E-state index >= 15 is 0 Å². The maximum Gasteiger partial charge on any atom is 0.160 e. The number of hydrogen-bond donors (Lipinski definition) is 0. The van der Waals surface area contributed by atoms with Crippen LogP contribution in [0, 0.1) is 0 Å². The van der Waals surface area contributed by atoms with Gasteiger partial charge in [0.1, 0.15) is 0 Å². The summed E-state index contributed by atoms with van der Waals surface area (Å²) in [7, 11) is 0. The van der Waals surface area contributed by atoms with Gasteiger partial charge in [0.15, 0.2) is 5.82 Å². The predicted molar refractivity (Wildman–Crippen MR) is 149 cm³/mol. The van der Waals surface area contributed by atoms with Gasteiger partial charge in [0.2, 0.25) is 0 Å².